The van der Waals surface area contributed by atoms with Gasteiger partial charge in [0.1, 0.15) is 0 Å². The van der Waals surface area contributed by atoms with Crippen molar-refractivity contribution in [2.45, 2.75) is 13.0 Å². The molecule has 0 unspecified atom stereocenters. The van der Waals surface area contributed by atoms with Crippen molar-refractivity contribution in [2.75, 3.05) is 12.8 Å². The first-order valence-corrected chi connectivity index (χ1v) is 4.09. The van der Waals surface area contributed by atoms with Gasteiger partial charge in [0.2, 0.25) is 5.88 Å². The molecule has 76 valence electrons. The molecule has 14 heavy (non-hydrogen) atoms. The van der Waals surface area contributed by atoms with Crippen LogP contribution in [-0.4, -0.2) is 24.2 Å². The van der Waals surface area contributed by atoms with Crippen molar-refractivity contribution in [3.05, 3.63) is 18.3 Å². The molecule has 0 aliphatic heterocycles. The van der Waals surface area contributed by atoms with Gasteiger partial charge in [-0.25, -0.2) is 9.78 Å². The summed E-state index contributed by atoms with van der Waals surface area (Å²) in [7, 11) is 1.30. The Morgan fingerprint density at radius 3 is 2.93 bits per heavy atom. The van der Waals surface area contributed by atoms with E-state index in [-0.39, 0.29) is 0 Å². The molecule has 0 spiro atoms. The fraction of sp³-hybridized carbons (Fsp3) is 0.333. The summed E-state index contributed by atoms with van der Waals surface area (Å²) < 4.78 is 9.67. The molecular formula is C9H12N2O3. The highest BCUT2D eigenvalue weighted by Crippen LogP contribution is 2.12. The van der Waals surface area contributed by atoms with E-state index in [0.29, 0.717) is 11.6 Å². The number of rotatable bonds is 3. The van der Waals surface area contributed by atoms with Gasteiger partial charge in [-0.15, -0.1) is 0 Å². The smallest absolute Gasteiger partial charge is 0.346 e. The van der Waals surface area contributed by atoms with Crippen molar-refractivity contribution in [3.63, 3.8) is 0 Å². The molecule has 0 fully saturated rings. The summed E-state index contributed by atoms with van der Waals surface area (Å²) in [6.07, 6.45) is 0.823. The molecule has 0 radical (unpaired) electrons. The highest BCUT2D eigenvalue weighted by atomic mass is 16.6. The lowest BCUT2D eigenvalue weighted by molar-refractivity contribution is -0.148. The number of hydrogen-bond donors (Lipinski definition) is 1. The quantitative estimate of drug-likeness (QED) is 0.716. The van der Waals surface area contributed by atoms with E-state index in [4.69, 9.17) is 10.5 Å². The van der Waals surface area contributed by atoms with Crippen molar-refractivity contribution in [1.82, 2.24) is 4.98 Å². The zero-order valence-corrected chi connectivity index (χ0v) is 8.06. The molecule has 5 nitrogen and oxygen atoms in total. The van der Waals surface area contributed by atoms with E-state index in [0.717, 1.165) is 0 Å². The second-order valence-electron chi connectivity index (χ2n) is 2.71. The number of carbonyl (C=O) groups excluding carboxylic acids is 1. The average molecular weight is 196 g/mol. The molecule has 0 saturated carbocycles. The maximum absolute atomic E-state index is 11.0. The predicted molar refractivity (Wildman–Crippen MR) is 50.8 cm³/mol. The Morgan fingerprint density at radius 1 is 1.64 bits per heavy atom. The molecular weight excluding hydrogens is 184 g/mol. The van der Waals surface area contributed by atoms with Gasteiger partial charge in [0.05, 0.1) is 7.11 Å². The highest BCUT2D eigenvalue weighted by molar-refractivity contribution is 5.74. The number of nitrogens with two attached hydrogens (primary N) is 1. The molecule has 0 bridgehead atoms. The summed E-state index contributed by atoms with van der Waals surface area (Å²) in [6, 6.07) is 3.18. The maximum Gasteiger partial charge on any atom is 0.346 e. The van der Waals surface area contributed by atoms with Crippen molar-refractivity contribution in [3.8, 4) is 5.88 Å². The third kappa shape index (κ3) is 2.62. The van der Waals surface area contributed by atoms with Gasteiger partial charge in [-0.05, 0) is 13.0 Å². The summed E-state index contributed by atoms with van der Waals surface area (Å²) >= 11 is 0. The monoisotopic (exact) mass is 196 g/mol. The number of hydrogen-bond acceptors (Lipinski definition) is 5. The molecule has 0 amide bonds. The molecule has 5 heteroatoms. The van der Waals surface area contributed by atoms with Crippen molar-refractivity contribution < 1.29 is 14.3 Å². The topological polar surface area (TPSA) is 74.4 Å². The fourth-order valence-corrected chi connectivity index (χ4v) is 0.884. The number of nitrogens with zero attached hydrogens (tertiary/aromatic N) is 1. The van der Waals surface area contributed by atoms with Gasteiger partial charge < -0.3 is 15.2 Å². The summed E-state index contributed by atoms with van der Waals surface area (Å²) in [5, 5.41) is 0. The van der Waals surface area contributed by atoms with Crippen LogP contribution in [0.4, 0.5) is 5.69 Å². The van der Waals surface area contributed by atoms with E-state index >= 15 is 0 Å². The standard InChI is InChI=1S/C9H12N2O3/c1-6(9(12)13-2)14-8-5-7(10)3-4-11-8/h3-6H,1-2H3,(H2,10,11)/t6-/m1/s1. The van der Waals surface area contributed by atoms with Crippen LogP contribution in [0.15, 0.2) is 18.3 Å². The van der Waals surface area contributed by atoms with Gasteiger partial charge in [-0.1, -0.05) is 0 Å². The summed E-state index contributed by atoms with van der Waals surface area (Å²) in [6.45, 7) is 1.58. The Bertz CT molecular complexity index is 328. The number of anilines is 1. The Kier molecular flexibility index (Phi) is 3.28. The minimum Gasteiger partial charge on any atom is -0.466 e. The summed E-state index contributed by atoms with van der Waals surface area (Å²) in [5.74, 6) is -0.142. The summed E-state index contributed by atoms with van der Waals surface area (Å²) in [4.78, 5) is 14.9. The molecule has 0 aromatic carbocycles. The Morgan fingerprint density at radius 2 is 2.36 bits per heavy atom. The van der Waals surface area contributed by atoms with Gasteiger partial charge in [-0.2, -0.15) is 0 Å². The minimum atomic E-state index is -0.686. The van der Waals surface area contributed by atoms with Gasteiger partial charge in [0, 0.05) is 18.0 Å². The van der Waals surface area contributed by atoms with Crippen LogP contribution in [0.2, 0.25) is 0 Å². The van der Waals surface area contributed by atoms with Crippen LogP contribution in [0.5, 0.6) is 5.88 Å². The van der Waals surface area contributed by atoms with Gasteiger partial charge in [-0.3, -0.25) is 0 Å². The van der Waals surface area contributed by atoms with E-state index in [1.807, 2.05) is 0 Å². The number of aromatic nitrogens is 1. The second-order valence-corrected chi connectivity index (χ2v) is 2.71. The molecule has 0 aliphatic carbocycles. The third-order valence-electron chi connectivity index (χ3n) is 1.59. The zero-order valence-electron chi connectivity index (χ0n) is 8.06. The van der Waals surface area contributed by atoms with Crippen LogP contribution in [0.1, 0.15) is 6.92 Å². The third-order valence-corrected chi connectivity index (χ3v) is 1.59. The predicted octanol–water partition coefficient (Wildman–Crippen LogP) is 0.604. The molecule has 1 rings (SSSR count). The van der Waals surface area contributed by atoms with Gasteiger partial charge in [0.15, 0.2) is 6.10 Å². The van der Waals surface area contributed by atoms with Crippen LogP contribution >= 0.6 is 0 Å². The molecule has 1 atom stereocenters. The molecule has 1 aromatic rings. The Balaban J connectivity index is 2.64. The van der Waals surface area contributed by atoms with Gasteiger partial charge in [0.25, 0.3) is 0 Å². The van der Waals surface area contributed by atoms with Crippen molar-refractivity contribution in [2.24, 2.45) is 0 Å². The van der Waals surface area contributed by atoms with Crippen LogP contribution < -0.4 is 10.5 Å². The number of methoxy groups -OCH3 is 1. The lowest BCUT2D eigenvalue weighted by atomic mass is 10.4. The van der Waals surface area contributed by atoms with Gasteiger partial charge >= 0.3 is 5.97 Å². The van der Waals surface area contributed by atoms with Crippen LogP contribution in [0, 0.1) is 0 Å². The van der Waals surface area contributed by atoms with E-state index < -0.39 is 12.1 Å². The van der Waals surface area contributed by atoms with E-state index in [1.54, 1.807) is 19.1 Å². The van der Waals surface area contributed by atoms with E-state index in [1.165, 1.54) is 13.3 Å². The number of pyridine rings is 1. The SMILES string of the molecule is COC(=O)[C@@H](C)Oc1cc(N)ccn1. The van der Waals surface area contributed by atoms with Crippen molar-refractivity contribution >= 4 is 11.7 Å². The first-order valence-electron chi connectivity index (χ1n) is 4.09. The van der Waals surface area contributed by atoms with E-state index in [9.17, 15) is 4.79 Å². The molecule has 0 aliphatic rings. The molecule has 2 N–H and O–H groups in total. The Hall–Kier alpha value is -1.78. The minimum absolute atomic E-state index is 0.308. The maximum atomic E-state index is 11.0. The van der Waals surface area contributed by atoms with E-state index in [2.05, 4.69) is 9.72 Å². The molecule has 1 aromatic heterocycles. The zero-order chi connectivity index (χ0) is 10.6. The normalized spacial score (nSPS) is 11.9. The summed E-state index contributed by atoms with van der Waals surface area (Å²) in [5.41, 5.74) is 6.04. The van der Waals surface area contributed by atoms with Crippen LogP contribution in [-0.2, 0) is 9.53 Å². The molecule has 0 saturated heterocycles. The van der Waals surface area contributed by atoms with Crippen LogP contribution in [0.3, 0.4) is 0 Å². The van der Waals surface area contributed by atoms with Crippen LogP contribution in [0.25, 0.3) is 0 Å². The lowest BCUT2D eigenvalue weighted by Crippen LogP contribution is -2.25. The lowest BCUT2D eigenvalue weighted by Gasteiger charge is -2.11. The first-order chi connectivity index (χ1) is 6.63. The molecule has 1 heterocycles. The fourth-order valence-electron chi connectivity index (χ4n) is 0.884. The number of carbonyl (C=O) groups is 1. The Labute approximate surface area is 81.8 Å². The largest absolute Gasteiger partial charge is 0.466 e. The second kappa shape index (κ2) is 4.45. The first kappa shape index (κ1) is 10.3. The van der Waals surface area contributed by atoms with Crippen molar-refractivity contribution in [1.29, 1.82) is 0 Å². The average Bonchev–Trinajstić information content (AvgIpc) is 2.16. The highest BCUT2D eigenvalue weighted by Gasteiger charge is 2.15. The number of nitrogen functional groups attached to an aromatic ring is 1. The number of esters is 1. The number of ether oxygens (including phenoxy) is 2.